The fraction of sp³-hybridized carbons (Fsp3) is 0.455. The average Bonchev–Trinajstić information content (AvgIpc) is 2.21. The summed E-state index contributed by atoms with van der Waals surface area (Å²) in [5.74, 6) is -1.94. The fourth-order valence-electron chi connectivity index (χ4n) is 1.76. The zero-order valence-electron chi connectivity index (χ0n) is 8.76. The van der Waals surface area contributed by atoms with E-state index < -0.39 is 17.2 Å². The Morgan fingerprint density at radius 1 is 1.38 bits per heavy atom. The lowest BCUT2D eigenvalue weighted by Gasteiger charge is -2.37. The third kappa shape index (κ3) is 1.95. The normalized spacial score (nSPS) is 17.9. The van der Waals surface area contributed by atoms with Gasteiger partial charge in [0.15, 0.2) is 11.6 Å². The summed E-state index contributed by atoms with van der Waals surface area (Å²) in [6, 6.07) is 2.28. The highest BCUT2D eigenvalue weighted by Gasteiger charge is 2.34. The van der Waals surface area contributed by atoms with Crippen molar-refractivity contribution in [2.24, 2.45) is 0 Å². The van der Waals surface area contributed by atoms with E-state index in [1.54, 1.807) is 0 Å². The van der Waals surface area contributed by atoms with E-state index >= 15 is 0 Å². The van der Waals surface area contributed by atoms with Crippen molar-refractivity contribution >= 4 is 11.4 Å². The molecule has 0 atom stereocenters. The van der Waals surface area contributed by atoms with Crippen LogP contribution in [-0.4, -0.2) is 17.3 Å². The van der Waals surface area contributed by atoms with E-state index in [0.29, 0.717) is 12.8 Å². The maximum atomic E-state index is 13.4. The standard InChI is InChI=1S/C11H14F2N2O/c12-7-2-3-8(14)10(9(7)13)15-6-11(16)4-1-5-11/h2-3,15-16H,1,4-6,14H2. The van der Waals surface area contributed by atoms with Gasteiger partial charge in [0.05, 0.1) is 17.0 Å². The topological polar surface area (TPSA) is 58.3 Å². The molecule has 1 aromatic carbocycles. The van der Waals surface area contributed by atoms with Gasteiger partial charge in [-0.2, -0.15) is 0 Å². The minimum absolute atomic E-state index is 0.0691. The highest BCUT2D eigenvalue weighted by atomic mass is 19.2. The van der Waals surface area contributed by atoms with E-state index in [9.17, 15) is 13.9 Å². The number of nitrogens with two attached hydrogens (primary N) is 1. The van der Waals surface area contributed by atoms with Crippen molar-refractivity contribution in [3.05, 3.63) is 23.8 Å². The third-order valence-electron chi connectivity index (χ3n) is 3.01. The zero-order chi connectivity index (χ0) is 11.8. The summed E-state index contributed by atoms with van der Waals surface area (Å²) in [4.78, 5) is 0. The summed E-state index contributed by atoms with van der Waals surface area (Å²) in [5, 5.41) is 12.5. The van der Waals surface area contributed by atoms with Crippen LogP contribution in [0.5, 0.6) is 0 Å². The van der Waals surface area contributed by atoms with Crippen LogP contribution in [0.25, 0.3) is 0 Å². The summed E-state index contributed by atoms with van der Waals surface area (Å²) in [5.41, 5.74) is 4.80. The van der Waals surface area contributed by atoms with Crippen molar-refractivity contribution in [2.45, 2.75) is 24.9 Å². The van der Waals surface area contributed by atoms with Crippen LogP contribution in [0.15, 0.2) is 12.1 Å². The van der Waals surface area contributed by atoms with Gasteiger partial charge in [-0.05, 0) is 31.4 Å². The van der Waals surface area contributed by atoms with Gasteiger partial charge in [0, 0.05) is 6.54 Å². The lowest BCUT2D eigenvalue weighted by molar-refractivity contribution is -0.0202. The smallest absolute Gasteiger partial charge is 0.183 e. The molecule has 1 fully saturated rings. The van der Waals surface area contributed by atoms with Gasteiger partial charge in [-0.1, -0.05) is 0 Å². The molecule has 1 saturated carbocycles. The number of hydrogen-bond donors (Lipinski definition) is 3. The Balaban J connectivity index is 2.11. The highest BCUT2D eigenvalue weighted by molar-refractivity contribution is 5.66. The Hall–Kier alpha value is -1.36. The largest absolute Gasteiger partial charge is 0.397 e. The molecule has 0 saturated heterocycles. The molecule has 1 aliphatic carbocycles. The number of anilines is 2. The van der Waals surface area contributed by atoms with Gasteiger partial charge in [0.25, 0.3) is 0 Å². The molecule has 1 aromatic rings. The predicted molar refractivity (Wildman–Crippen MR) is 58.1 cm³/mol. The SMILES string of the molecule is Nc1ccc(F)c(F)c1NCC1(O)CCC1. The van der Waals surface area contributed by atoms with Crippen molar-refractivity contribution in [2.75, 3.05) is 17.6 Å². The van der Waals surface area contributed by atoms with E-state index in [1.807, 2.05) is 0 Å². The molecule has 0 aromatic heterocycles. The van der Waals surface area contributed by atoms with Crippen LogP contribution >= 0.6 is 0 Å². The first-order chi connectivity index (χ1) is 7.52. The van der Waals surface area contributed by atoms with Crippen LogP contribution in [0.1, 0.15) is 19.3 Å². The Bertz CT molecular complexity index is 405. The fourth-order valence-corrected chi connectivity index (χ4v) is 1.76. The van der Waals surface area contributed by atoms with Crippen LogP contribution < -0.4 is 11.1 Å². The molecule has 3 nitrogen and oxygen atoms in total. The first-order valence-corrected chi connectivity index (χ1v) is 5.22. The quantitative estimate of drug-likeness (QED) is 0.692. The van der Waals surface area contributed by atoms with Crippen molar-refractivity contribution < 1.29 is 13.9 Å². The number of nitrogen functional groups attached to an aromatic ring is 1. The van der Waals surface area contributed by atoms with Gasteiger partial charge < -0.3 is 16.2 Å². The number of benzene rings is 1. The van der Waals surface area contributed by atoms with Gasteiger partial charge in [-0.25, -0.2) is 8.78 Å². The molecule has 0 unspecified atom stereocenters. The molecular formula is C11H14F2N2O. The van der Waals surface area contributed by atoms with Crippen LogP contribution in [0.2, 0.25) is 0 Å². The maximum absolute atomic E-state index is 13.4. The van der Waals surface area contributed by atoms with Crippen molar-refractivity contribution in [3.63, 3.8) is 0 Å². The highest BCUT2D eigenvalue weighted by Crippen LogP contribution is 2.33. The number of halogens is 2. The van der Waals surface area contributed by atoms with Crippen LogP contribution in [0.4, 0.5) is 20.2 Å². The van der Waals surface area contributed by atoms with Gasteiger partial charge in [-0.15, -0.1) is 0 Å². The minimum Gasteiger partial charge on any atom is -0.397 e. The second-order valence-electron chi connectivity index (χ2n) is 4.26. The minimum atomic E-state index is -0.997. The van der Waals surface area contributed by atoms with Crippen LogP contribution in [-0.2, 0) is 0 Å². The molecule has 0 heterocycles. The van der Waals surface area contributed by atoms with E-state index in [0.717, 1.165) is 12.5 Å². The number of aliphatic hydroxyl groups is 1. The van der Waals surface area contributed by atoms with Crippen molar-refractivity contribution in [1.82, 2.24) is 0 Å². The van der Waals surface area contributed by atoms with Crippen molar-refractivity contribution in [3.8, 4) is 0 Å². The number of rotatable bonds is 3. The van der Waals surface area contributed by atoms with E-state index in [2.05, 4.69) is 5.32 Å². The molecule has 2 rings (SSSR count). The Labute approximate surface area is 92.3 Å². The van der Waals surface area contributed by atoms with Gasteiger partial charge in [-0.3, -0.25) is 0 Å². The predicted octanol–water partition coefficient (Wildman–Crippen LogP) is 1.87. The Kier molecular flexibility index (Phi) is 2.71. The van der Waals surface area contributed by atoms with E-state index in [1.165, 1.54) is 6.07 Å². The molecular weight excluding hydrogens is 214 g/mol. The summed E-state index contributed by atoms with van der Waals surface area (Å²) in [6.45, 7) is 0.192. The summed E-state index contributed by atoms with van der Waals surface area (Å²) in [6.07, 6.45) is 2.31. The van der Waals surface area contributed by atoms with Crippen LogP contribution in [0.3, 0.4) is 0 Å². The summed E-state index contributed by atoms with van der Waals surface area (Å²) >= 11 is 0. The van der Waals surface area contributed by atoms with Gasteiger partial charge in [0.1, 0.15) is 0 Å². The number of hydrogen-bond acceptors (Lipinski definition) is 3. The molecule has 1 aliphatic rings. The maximum Gasteiger partial charge on any atom is 0.183 e. The lowest BCUT2D eigenvalue weighted by atomic mass is 9.80. The summed E-state index contributed by atoms with van der Waals surface area (Å²) < 4.78 is 26.3. The summed E-state index contributed by atoms with van der Waals surface area (Å²) in [7, 11) is 0. The van der Waals surface area contributed by atoms with E-state index in [-0.39, 0.29) is 17.9 Å². The molecule has 0 radical (unpaired) electrons. The lowest BCUT2D eigenvalue weighted by Crippen LogP contribution is -2.43. The zero-order valence-corrected chi connectivity index (χ0v) is 8.76. The monoisotopic (exact) mass is 228 g/mol. The third-order valence-corrected chi connectivity index (χ3v) is 3.01. The second-order valence-corrected chi connectivity index (χ2v) is 4.26. The van der Waals surface area contributed by atoms with Gasteiger partial charge >= 0.3 is 0 Å². The molecule has 88 valence electrons. The molecule has 5 heteroatoms. The molecule has 0 amide bonds. The first kappa shape index (κ1) is 11.1. The van der Waals surface area contributed by atoms with E-state index in [4.69, 9.17) is 5.73 Å². The van der Waals surface area contributed by atoms with Crippen molar-refractivity contribution in [1.29, 1.82) is 0 Å². The Morgan fingerprint density at radius 3 is 2.62 bits per heavy atom. The second kappa shape index (κ2) is 3.90. The van der Waals surface area contributed by atoms with Gasteiger partial charge in [0.2, 0.25) is 0 Å². The molecule has 16 heavy (non-hydrogen) atoms. The number of nitrogens with one attached hydrogen (secondary N) is 1. The molecule has 0 spiro atoms. The Morgan fingerprint density at radius 2 is 2.06 bits per heavy atom. The molecule has 0 aliphatic heterocycles. The molecule has 4 N–H and O–H groups in total. The molecule has 0 bridgehead atoms. The van der Waals surface area contributed by atoms with Crippen LogP contribution in [0, 0.1) is 11.6 Å². The first-order valence-electron chi connectivity index (χ1n) is 5.22. The average molecular weight is 228 g/mol.